The van der Waals surface area contributed by atoms with Gasteiger partial charge >= 0.3 is 35.8 Å². The number of aryl methyl sites for hydroxylation is 1. The molecule has 0 heterocycles. The number of hydrogen-bond acceptors (Lipinski definition) is 1. The number of alkyl halides is 13. The molecule has 0 saturated heterocycles. The maximum Gasteiger partial charge on any atom is 0.460 e. The molecular formula is C22H17F13O. The predicted octanol–water partition coefficient (Wildman–Crippen LogP) is 7.61. The molecule has 0 fully saturated rings. The van der Waals surface area contributed by atoms with Crippen LogP contribution in [0.4, 0.5) is 57.1 Å². The second kappa shape index (κ2) is 9.10. The summed E-state index contributed by atoms with van der Waals surface area (Å²) < 4.78 is 177. The van der Waals surface area contributed by atoms with E-state index in [4.69, 9.17) is 0 Å². The van der Waals surface area contributed by atoms with Gasteiger partial charge in [-0.3, -0.25) is 0 Å². The van der Waals surface area contributed by atoms with Crippen molar-refractivity contribution in [3.05, 3.63) is 71.3 Å². The van der Waals surface area contributed by atoms with Gasteiger partial charge in [-0.25, -0.2) is 0 Å². The SMILES string of the molecule is CCc1ccccc1C(O)(CC(F)(F)C(F)(F)C(F)(F)C(F)(F)C(F)(F)C(F)(F)F)c1ccccc1. The van der Waals surface area contributed by atoms with Crippen molar-refractivity contribution in [1.29, 1.82) is 0 Å². The highest BCUT2D eigenvalue weighted by atomic mass is 19.4. The first-order valence-corrected chi connectivity index (χ1v) is 9.94. The lowest BCUT2D eigenvalue weighted by Gasteiger charge is -2.42. The second-order valence-electron chi connectivity index (χ2n) is 7.91. The van der Waals surface area contributed by atoms with Gasteiger partial charge in [0.25, 0.3) is 0 Å². The molecule has 0 spiro atoms. The van der Waals surface area contributed by atoms with E-state index in [1.165, 1.54) is 25.1 Å². The van der Waals surface area contributed by atoms with Gasteiger partial charge in [-0.1, -0.05) is 61.5 Å². The van der Waals surface area contributed by atoms with Crippen LogP contribution in [-0.2, 0) is 12.0 Å². The van der Waals surface area contributed by atoms with E-state index in [2.05, 4.69) is 0 Å². The van der Waals surface area contributed by atoms with Gasteiger partial charge in [-0.05, 0) is 23.1 Å². The zero-order valence-corrected chi connectivity index (χ0v) is 18.0. The summed E-state index contributed by atoms with van der Waals surface area (Å²) in [4.78, 5) is 0. The Morgan fingerprint density at radius 3 is 1.50 bits per heavy atom. The number of rotatable bonds is 9. The van der Waals surface area contributed by atoms with E-state index >= 15 is 0 Å². The zero-order chi connectivity index (χ0) is 28.0. The van der Waals surface area contributed by atoms with Crippen LogP contribution in [0.1, 0.15) is 30.0 Å². The zero-order valence-electron chi connectivity index (χ0n) is 18.0. The molecule has 0 aromatic heterocycles. The van der Waals surface area contributed by atoms with Crippen molar-refractivity contribution < 1.29 is 62.2 Å². The smallest absolute Gasteiger partial charge is 0.380 e. The molecule has 0 aliphatic rings. The summed E-state index contributed by atoms with van der Waals surface area (Å²) in [6, 6.07) is 10.0. The van der Waals surface area contributed by atoms with Crippen molar-refractivity contribution in [2.45, 2.75) is 61.2 Å². The van der Waals surface area contributed by atoms with Crippen LogP contribution < -0.4 is 0 Å². The molecule has 36 heavy (non-hydrogen) atoms. The van der Waals surface area contributed by atoms with Gasteiger partial charge < -0.3 is 5.11 Å². The van der Waals surface area contributed by atoms with Crippen molar-refractivity contribution in [3.63, 3.8) is 0 Å². The lowest BCUT2D eigenvalue weighted by molar-refractivity contribution is -0.441. The van der Waals surface area contributed by atoms with Gasteiger partial charge in [0.1, 0.15) is 5.60 Å². The Balaban J connectivity index is 2.71. The number of benzene rings is 2. The van der Waals surface area contributed by atoms with Crippen molar-refractivity contribution in [2.75, 3.05) is 0 Å². The molecule has 1 N–H and O–H groups in total. The molecule has 2 rings (SSSR count). The summed E-state index contributed by atoms with van der Waals surface area (Å²) in [5.74, 6) is -37.7. The Morgan fingerprint density at radius 1 is 0.583 bits per heavy atom. The Labute approximate surface area is 195 Å². The number of halogens is 13. The van der Waals surface area contributed by atoms with Crippen LogP contribution in [-0.4, -0.2) is 40.9 Å². The largest absolute Gasteiger partial charge is 0.460 e. The van der Waals surface area contributed by atoms with E-state index in [1.807, 2.05) is 0 Å². The molecule has 1 nitrogen and oxygen atoms in total. The van der Waals surface area contributed by atoms with Gasteiger partial charge in [0, 0.05) is 0 Å². The highest BCUT2D eigenvalue weighted by Gasteiger charge is 2.90. The van der Waals surface area contributed by atoms with Crippen LogP contribution >= 0.6 is 0 Å². The van der Waals surface area contributed by atoms with Crippen molar-refractivity contribution in [2.24, 2.45) is 0 Å². The summed E-state index contributed by atoms with van der Waals surface area (Å²) in [5, 5.41) is 11.1. The third-order valence-corrected chi connectivity index (χ3v) is 5.57. The topological polar surface area (TPSA) is 20.2 Å². The summed E-state index contributed by atoms with van der Waals surface area (Å²) in [5.41, 5.74) is -4.40. The average Bonchev–Trinajstić information content (AvgIpc) is 2.78. The van der Waals surface area contributed by atoms with Crippen molar-refractivity contribution in [3.8, 4) is 0 Å². The van der Waals surface area contributed by atoms with Crippen LogP contribution in [0.5, 0.6) is 0 Å². The Bertz CT molecular complexity index is 1050. The first kappa shape index (κ1) is 29.7. The van der Waals surface area contributed by atoms with Crippen molar-refractivity contribution >= 4 is 0 Å². The second-order valence-corrected chi connectivity index (χ2v) is 7.91. The molecule has 1 unspecified atom stereocenters. The van der Waals surface area contributed by atoms with E-state index in [0.29, 0.717) is 0 Å². The molecule has 0 aliphatic heterocycles. The molecule has 0 aliphatic carbocycles. The predicted molar refractivity (Wildman–Crippen MR) is 101 cm³/mol. The Kier molecular flexibility index (Phi) is 7.52. The van der Waals surface area contributed by atoms with Gasteiger partial charge in [0.15, 0.2) is 0 Å². The molecule has 202 valence electrons. The highest BCUT2D eigenvalue weighted by Crippen LogP contribution is 2.61. The molecule has 1 atom stereocenters. The van der Waals surface area contributed by atoms with Crippen LogP contribution in [0.2, 0.25) is 0 Å². The highest BCUT2D eigenvalue weighted by molar-refractivity contribution is 5.41. The maximum atomic E-state index is 14.8. The minimum Gasteiger partial charge on any atom is -0.380 e. The van der Waals surface area contributed by atoms with Gasteiger partial charge in [-0.2, -0.15) is 57.1 Å². The third kappa shape index (κ3) is 4.41. The number of hydrogen-bond donors (Lipinski definition) is 1. The first-order valence-electron chi connectivity index (χ1n) is 9.94. The van der Waals surface area contributed by atoms with E-state index in [1.54, 1.807) is 0 Å². The van der Waals surface area contributed by atoms with Gasteiger partial charge in [0.05, 0.1) is 6.42 Å². The minimum atomic E-state index is -8.00. The van der Waals surface area contributed by atoms with E-state index in [0.717, 1.165) is 36.4 Å². The lowest BCUT2D eigenvalue weighted by Crippen LogP contribution is -2.70. The van der Waals surface area contributed by atoms with E-state index < -0.39 is 58.9 Å². The van der Waals surface area contributed by atoms with Crippen LogP contribution in [0, 0.1) is 0 Å². The van der Waals surface area contributed by atoms with Crippen LogP contribution in [0.3, 0.4) is 0 Å². The lowest BCUT2D eigenvalue weighted by atomic mass is 9.77. The third-order valence-electron chi connectivity index (χ3n) is 5.57. The quantitative estimate of drug-likeness (QED) is 0.322. The molecule has 2 aromatic carbocycles. The van der Waals surface area contributed by atoms with Crippen molar-refractivity contribution in [1.82, 2.24) is 0 Å². The minimum absolute atomic E-state index is 0.0285. The van der Waals surface area contributed by atoms with E-state index in [9.17, 15) is 62.2 Å². The van der Waals surface area contributed by atoms with Gasteiger partial charge in [-0.15, -0.1) is 0 Å². The van der Waals surface area contributed by atoms with Crippen LogP contribution in [0.25, 0.3) is 0 Å². The fraction of sp³-hybridized carbons (Fsp3) is 0.455. The fourth-order valence-electron chi connectivity index (χ4n) is 3.53. The maximum absolute atomic E-state index is 14.8. The van der Waals surface area contributed by atoms with E-state index in [-0.39, 0.29) is 12.0 Å². The van der Waals surface area contributed by atoms with Crippen LogP contribution in [0.15, 0.2) is 54.6 Å². The molecule has 0 radical (unpaired) electrons. The number of aliphatic hydroxyl groups is 1. The first-order chi connectivity index (χ1) is 16.1. The Hall–Kier alpha value is -2.51. The summed E-state index contributed by atoms with van der Waals surface area (Å²) in [6.07, 6.45) is -10.3. The Morgan fingerprint density at radius 2 is 1.03 bits per heavy atom. The standard InChI is InChI=1S/C22H17F13O/c1-2-13-8-6-7-11-15(13)16(36,14-9-4-3-5-10-14)12-17(23,24)18(25,26)19(27,28)20(29,30)21(31,32)22(33,34)35/h3-11,36H,2,12H2,1H3. The molecule has 0 bridgehead atoms. The molecule has 14 heteroatoms. The average molecular weight is 544 g/mol. The summed E-state index contributed by atoms with van der Waals surface area (Å²) in [7, 11) is 0. The molecular weight excluding hydrogens is 527 g/mol. The monoisotopic (exact) mass is 544 g/mol. The summed E-state index contributed by atoms with van der Waals surface area (Å²) >= 11 is 0. The molecule has 2 aromatic rings. The summed E-state index contributed by atoms with van der Waals surface area (Å²) in [6.45, 7) is 1.44. The normalized spacial score (nSPS) is 16.1. The van der Waals surface area contributed by atoms with Gasteiger partial charge in [0.2, 0.25) is 0 Å². The molecule has 0 saturated carbocycles. The fourth-order valence-corrected chi connectivity index (χ4v) is 3.53. The molecule has 0 amide bonds.